The first-order chi connectivity index (χ1) is 15.3. The van der Waals surface area contributed by atoms with Crippen molar-refractivity contribution in [3.8, 4) is 5.75 Å². The molecule has 0 radical (unpaired) electrons. The fourth-order valence-electron chi connectivity index (χ4n) is 2.67. The van der Waals surface area contributed by atoms with E-state index in [1.807, 2.05) is 0 Å². The first-order valence-corrected chi connectivity index (χ1v) is 11.1. The molecule has 0 saturated carbocycles. The Morgan fingerprint density at radius 1 is 1.22 bits per heavy atom. The number of benzene rings is 2. The third kappa shape index (κ3) is 5.87. The number of rotatable bonds is 7. The van der Waals surface area contributed by atoms with Crippen molar-refractivity contribution >= 4 is 69.4 Å². The van der Waals surface area contributed by atoms with Gasteiger partial charge in [0.1, 0.15) is 10.1 Å². The van der Waals surface area contributed by atoms with Gasteiger partial charge in [0.25, 0.3) is 11.8 Å². The molecule has 0 atom stereocenters. The highest BCUT2D eigenvalue weighted by Gasteiger charge is 2.28. The van der Waals surface area contributed by atoms with E-state index < -0.39 is 11.9 Å². The van der Waals surface area contributed by atoms with Gasteiger partial charge in [0.15, 0.2) is 6.61 Å². The van der Waals surface area contributed by atoms with Crippen LogP contribution in [0.5, 0.6) is 5.75 Å². The van der Waals surface area contributed by atoms with Crippen LogP contribution in [0.4, 0.5) is 5.69 Å². The standard InChI is InChI=1S/C22H19ClN2O5S2/c1-3-29-21(28)16-11-14(6-9-17(16)23)24-19(26)12-30-15-7-4-13(5-8-15)10-18-20(27)25(2)22(31)32-18/h4-11H,3,12H2,1-2H3,(H,24,26). The van der Waals surface area contributed by atoms with Gasteiger partial charge in [-0.05, 0) is 48.9 Å². The molecule has 2 aromatic carbocycles. The van der Waals surface area contributed by atoms with Crippen LogP contribution in [-0.4, -0.2) is 47.3 Å². The SMILES string of the molecule is CCOC(=O)c1cc(NC(=O)COc2ccc(C=C3SC(=S)N(C)C3=O)cc2)ccc1Cl. The topological polar surface area (TPSA) is 84.9 Å². The zero-order valence-corrected chi connectivity index (χ0v) is 19.6. The number of anilines is 1. The molecule has 1 fully saturated rings. The summed E-state index contributed by atoms with van der Waals surface area (Å²) >= 11 is 12.4. The third-order valence-corrected chi connectivity index (χ3v) is 6.09. The smallest absolute Gasteiger partial charge is 0.339 e. The summed E-state index contributed by atoms with van der Waals surface area (Å²) in [7, 11) is 1.64. The van der Waals surface area contributed by atoms with Crippen molar-refractivity contribution in [3.05, 3.63) is 63.5 Å². The zero-order valence-electron chi connectivity index (χ0n) is 17.2. The summed E-state index contributed by atoms with van der Waals surface area (Å²) in [5.74, 6) is -0.613. The molecule has 2 aromatic rings. The molecule has 0 bridgehead atoms. The van der Waals surface area contributed by atoms with E-state index in [1.54, 1.807) is 50.4 Å². The maximum absolute atomic E-state index is 12.2. The molecule has 7 nitrogen and oxygen atoms in total. The first-order valence-electron chi connectivity index (χ1n) is 9.49. The van der Waals surface area contributed by atoms with E-state index in [9.17, 15) is 14.4 Å². The summed E-state index contributed by atoms with van der Waals surface area (Å²) in [6.07, 6.45) is 1.75. The lowest BCUT2D eigenvalue weighted by Crippen LogP contribution is -2.22. The van der Waals surface area contributed by atoms with Gasteiger partial charge in [0, 0.05) is 12.7 Å². The van der Waals surface area contributed by atoms with Crippen molar-refractivity contribution in [1.82, 2.24) is 4.90 Å². The van der Waals surface area contributed by atoms with Crippen molar-refractivity contribution in [1.29, 1.82) is 0 Å². The molecule has 0 unspecified atom stereocenters. The number of amides is 2. The van der Waals surface area contributed by atoms with E-state index >= 15 is 0 Å². The van der Waals surface area contributed by atoms with E-state index in [1.165, 1.54) is 28.8 Å². The third-order valence-electron chi connectivity index (χ3n) is 4.28. The number of likely N-dealkylation sites (N-methyl/N-ethyl adjacent to an activating group) is 1. The molecular formula is C22H19ClN2O5S2. The number of nitrogens with zero attached hydrogens (tertiary/aromatic N) is 1. The monoisotopic (exact) mass is 490 g/mol. The normalized spacial score (nSPS) is 14.6. The van der Waals surface area contributed by atoms with Crippen LogP contribution in [0.15, 0.2) is 47.4 Å². The Bertz CT molecular complexity index is 1100. The number of nitrogens with one attached hydrogen (secondary N) is 1. The number of carbonyl (C=O) groups is 3. The fourth-order valence-corrected chi connectivity index (χ4v) is 4.05. The van der Waals surface area contributed by atoms with Gasteiger partial charge in [-0.2, -0.15) is 0 Å². The Morgan fingerprint density at radius 2 is 1.94 bits per heavy atom. The molecule has 166 valence electrons. The van der Waals surface area contributed by atoms with Crippen LogP contribution >= 0.6 is 35.6 Å². The van der Waals surface area contributed by atoms with Crippen LogP contribution in [0.3, 0.4) is 0 Å². The molecular weight excluding hydrogens is 472 g/mol. The number of halogens is 1. The van der Waals surface area contributed by atoms with Gasteiger partial charge in [-0.15, -0.1) is 0 Å². The second-order valence-corrected chi connectivity index (χ2v) is 8.64. The average Bonchev–Trinajstić information content (AvgIpc) is 3.01. The Morgan fingerprint density at radius 3 is 2.56 bits per heavy atom. The quantitative estimate of drug-likeness (QED) is 0.350. The first kappa shape index (κ1) is 23.8. The lowest BCUT2D eigenvalue weighted by Gasteiger charge is -2.10. The van der Waals surface area contributed by atoms with Gasteiger partial charge in [-0.1, -0.05) is 47.7 Å². The molecule has 2 amide bonds. The predicted octanol–water partition coefficient (Wildman–Crippen LogP) is 4.37. The summed E-state index contributed by atoms with van der Waals surface area (Å²) in [4.78, 5) is 38.2. The largest absolute Gasteiger partial charge is 0.484 e. The van der Waals surface area contributed by atoms with E-state index in [2.05, 4.69) is 5.32 Å². The van der Waals surface area contributed by atoms with E-state index in [0.717, 1.165) is 5.56 Å². The summed E-state index contributed by atoms with van der Waals surface area (Å²) in [5, 5.41) is 2.89. The lowest BCUT2D eigenvalue weighted by molar-refractivity contribution is -0.121. The summed E-state index contributed by atoms with van der Waals surface area (Å²) in [6, 6.07) is 11.5. The van der Waals surface area contributed by atoms with Gasteiger partial charge in [-0.3, -0.25) is 14.5 Å². The second kappa shape index (κ2) is 10.6. The highest BCUT2D eigenvalue weighted by atomic mass is 35.5. The van der Waals surface area contributed by atoms with E-state index in [4.69, 9.17) is 33.3 Å². The van der Waals surface area contributed by atoms with Crippen LogP contribution in [0.2, 0.25) is 5.02 Å². The minimum Gasteiger partial charge on any atom is -0.484 e. The molecule has 0 aromatic heterocycles. The van der Waals surface area contributed by atoms with E-state index in [0.29, 0.717) is 20.7 Å². The van der Waals surface area contributed by atoms with Gasteiger partial charge in [0.2, 0.25) is 0 Å². The van der Waals surface area contributed by atoms with Crippen LogP contribution in [0.25, 0.3) is 6.08 Å². The Labute approximate surface area is 199 Å². The molecule has 1 saturated heterocycles. The predicted molar refractivity (Wildman–Crippen MR) is 129 cm³/mol. The van der Waals surface area contributed by atoms with Gasteiger partial charge in [-0.25, -0.2) is 4.79 Å². The maximum atomic E-state index is 12.2. The van der Waals surface area contributed by atoms with Crippen LogP contribution in [0.1, 0.15) is 22.8 Å². The van der Waals surface area contributed by atoms with Crippen molar-refractivity contribution in [2.24, 2.45) is 0 Å². The van der Waals surface area contributed by atoms with E-state index in [-0.39, 0.29) is 29.7 Å². The number of carbonyl (C=O) groups excluding carboxylic acids is 3. The number of thiocarbonyl (C=S) groups is 1. The number of thioether (sulfide) groups is 1. The Balaban J connectivity index is 1.56. The minimum atomic E-state index is -0.564. The number of ether oxygens (including phenoxy) is 2. The Kier molecular flexibility index (Phi) is 7.89. The molecule has 10 heteroatoms. The Hall–Kier alpha value is -2.88. The van der Waals surface area contributed by atoms with Gasteiger partial charge in [0.05, 0.1) is 22.1 Å². The highest BCUT2D eigenvalue weighted by Crippen LogP contribution is 2.31. The molecule has 1 heterocycles. The zero-order chi connectivity index (χ0) is 23.3. The fraction of sp³-hybridized carbons (Fsp3) is 0.182. The molecule has 0 spiro atoms. The van der Waals surface area contributed by atoms with Crippen molar-refractivity contribution in [2.75, 3.05) is 25.6 Å². The molecule has 0 aliphatic carbocycles. The molecule has 1 aliphatic rings. The molecule has 32 heavy (non-hydrogen) atoms. The number of hydrogen-bond donors (Lipinski definition) is 1. The summed E-state index contributed by atoms with van der Waals surface area (Å²) < 4.78 is 11.0. The number of esters is 1. The number of hydrogen-bond acceptors (Lipinski definition) is 7. The average molecular weight is 491 g/mol. The van der Waals surface area contributed by atoms with Crippen LogP contribution in [-0.2, 0) is 14.3 Å². The maximum Gasteiger partial charge on any atom is 0.339 e. The van der Waals surface area contributed by atoms with Crippen LogP contribution in [0, 0.1) is 0 Å². The van der Waals surface area contributed by atoms with Gasteiger partial charge < -0.3 is 14.8 Å². The summed E-state index contributed by atoms with van der Waals surface area (Å²) in [5.41, 5.74) is 1.38. The van der Waals surface area contributed by atoms with Crippen LogP contribution < -0.4 is 10.1 Å². The van der Waals surface area contributed by atoms with Gasteiger partial charge >= 0.3 is 5.97 Å². The minimum absolute atomic E-state index is 0.134. The van der Waals surface area contributed by atoms with Crippen molar-refractivity contribution in [3.63, 3.8) is 0 Å². The molecule has 1 aliphatic heterocycles. The molecule has 3 rings (SSSR count). The second-order valence-electron chi connectivity index (χ2n) is 6.56. The lowest BCUT2D eigenvalue weighted by atomic mass is 10.2. The molecule has 1 N–H and O–H groups in total. The highest BCUT2D eigenvalue weighted by molar-refractivity contribution is 8.26. The van der Waals surface area contributed by atoms with Crippen molar-refractivity contribution < 1.29 is 23.9 Å². The summed E-state index contributed by atoms with van der Waals surface area (Å²) in [6.45, 7) is 1.68. The van der Waals surface area contributed by atoms with Crippen molar-refractivity contribution in [2.45, 2.75) is 6.92 Å².